The average Bonchev–Trinajstić information content (AvgIpc) is 2.70. The molecule has 0 aromatic carbocycles. The number of hydrogen-bond acceptors (Lipinski definition) is 4. The Morgan fingerprint density at radius 3 is 2.27 bits per heavy atom. The second-order valence-corrected chi connectivity index (χ2v) is 8.71. The topological polar surface area (TPSA) is 78.9 Å². The molecule has 6 nitrogen and oxygen atoms in total. The van der Waals surface area contributed by atoms with Crippen LogP contribution in [-0.2, 0) is 9.53 Å². The third kappa shape index (κ3) is 4.07. The molecule has 0 radical (unpaired) electrons. The van der Waals surface area contributed by atoms with Gasteiger partial charge in [-0.1, -0.05) is 13.8 Å². The number of alkyl halides is 3. The number of likely N-dealkylation sites (tertiary alicyclic amines) is 1. The molecule has 26 heavy (non-hydrogen) atoms. The molecule has 2 N–H and O–H groups in total. The van der Waals surface area contributed by atoms with Gasteiger partial charge in [0.1, 0.15) is 5.60 Å². The van der Waals surface area contributed by atoms with Crippen molar-refractivity contribution >= 4 is 12.0 Å². The highest BCUT2D eigenvalue weighted by atomic mass is 19.4. The highest BCUT2D eigenvalue weighted by Gasteiger charge is 2.63. The quantitative estimate of drug-likeness (QED) is 0.771. The Kier molecular flexibility index (Phi) is 5.26. The van der Waals surface area contributed by atoms with Crippen molar-refractivity contribution in [2.75, 3.05) is 6.54 Å². The standard InChI is InChI=1S/C17H27F3N2O4/c1-9(2)12-16(8-22(12)13(24)17(18,19)20)6-10(11(23)7-16)21-14(25)26-15(3,4)5/h9-12,23H,6-8H2,1-5H3,(H,21,25)/t10-,11-,12?,16?/m1/s1. The van der Waals surface area contributed by atoms with Crippen molar-refractivity contribution in [2.45, 2.75) is 77.4 Å². The average molecular weight is 380 g/mol. The van der Waals surface area contributed by atoms with Crippen LogP contribution in [0.3, 0.4) is 0 Å². The maximum Gasteiger partial charge on any atom is 0.471 e. The molecule has 1 saturated heterocycles. The third-order valence-corrected chi connectivity index (χ3v) is 4.99. The SMILES string of the molecule is CC(C)C1N(C(=O)C(F)(F)F)CC12C[C@@H](O)[C@H](NC(=O)OC(C)(C)C)C2. The number of aliphatic hydroxyl groups excluding tert-OH is 1. The molecular weight excluding hydrogens is 353 g/mol. The fourth-order valence-corrected chi connectivity index (χ4v) is 4.37. The molecule has 1 heterocycles. The number of ether oxygens (including phenoxy) is 1. The fraction of sp³-hybridized carbons (Fsp3) is 0.882. The summed E-state index contributed by atoms with van der Waals surface area (Å²) in [5.74, 6) is -2.05. The summed E-state index contributed by atoms with van der Waals surface area (Å²) in [6.07, 6.45) is -5.95. The smallest absolute Gasteiger partial charge is 0.444 e. The Balaban J connectivity index is 2.09. The van der Waals surface area contributed by atoms with Gasteiger partial charge >= 0.3 is 18.2 Å². The molecule has 2 rings (SSSR count). The van der Waals surface area contributed by atoms with Crippen molar-refractivity contribution < 1.29 is 32.6 Å². The number of hydrogen-bond donors (Lipinski definition) is 2. The highest BCUT2D eigenvalue weighted by molar-refractivity contribution is 5.83. The maximum atomic E-state index is 12.8. The van der Waals surface area contributed by atoms with Gasteiger partial charge in [-0.05, 0) is 39.5 Å². The van der Waals surface area contributed by atoms with E-state index in [1.54, 1.807) is 34.6 Å². The Labute approximate surface area is 151 Å². The molecule has 4 atom stereocenters. The van der Waals surface area contributed by atoms with Gasteiger partial charge in [0.05, 0.1) is 12.1 Å². The summed E-state index contributed by atoms with van der Waals surface area (Å²) in [5, 5.41) is 12.9. The van der Waals surface area contributed by atoms with Crippen molar-refractivity contribution in [2.24, 2.45) is 11.3 Å². The summed E-state index contributed by atoms with van der Waals surface area (Å²) >= 11 is 0. The number of halogens is 3. The molecule has 0 aromatic heterocycles. The Hall–Kier alpha value is -1.51. The predicted molar refractivity (Wildman–Crippen MR) is 87.2 cm³/mol. The fourth-order valence-electron chi connectivity index (χ4n) is 4.37. The summed E-state index contributed by atoms with van der Waals surface area (Å²) in [4.78, 5) is 24.4. The number of amides is 2. The van der Waals surface area contributed by atoms with Crippen molar-refractivity contribution in [3.8, 4) is 0 Å². The monoisotopic (exact) mass is 380 g/mol. The summed E-state index contributed by atoms with van der Waals surface area (Å²) in [7, 11) is 0. The van der Waals surface area contributed by atoms with Gasteiger partial charge < -0.3 is 20.1 Å². The number of alkyl carbamates (subject to hydrolysis) is 1. The van der Waals surface area contributed by atoms with Crippen LogP contribution in [0.25, 0.3) is 0 Å². The second-order valence-electron chi connectivity index (χ2n) is 8.71. The van der Waals surface area contributed by atoms with Gasteiger partial charge in [0, 0.05) is 18.0 Å². The zero-order valence-corrected chi connectivity index (χ0v) is 15.7. The van der Waals surface area contributed by atoms with Crippen LogP contribution in [0.1, 0.15) is 47.5 Å². The molecule has 9 heteroatoms. The Morgan fingerprint density at radius 1 is 1.23 bits per heavy atom. The molecule has 2 amide bonds. The van der Waals surface area contributed by atoms with Crippen LogP contribution in [-0.4, -0.2) is 58.5 Å². The van der Waals surface area contributed by atoms with Gasteiger partial charge in [-0.3, -0.25) is 4.79 Å². The van der Waals surface area contributed by atoms with Crippen LogP contribution >= 0.6 is 0 Å². The van der Waals surface area contributed by atoms with Crippen LogP contribution in [0.15, 0.2) is 0 Å². The van der Waals surface area contributed by atoms with E-state index < -0.39 is 47.4 Å². The first-order valence-corrected chi connectivity index (χ1v) is 8.72. The molecule has 150 valence electrons. The van der Waals surface area contributed by atoms with Gasteiger partial charge in [0.25, 0.3) is 0 Å². The lowest BCUT2D eigenvalue weighted by Gasteiger charge is -2.58. The van der Waals surface area contributed by atoms with Crippen LogP contribution in [0.5, 0.6) is 0 Å². The molecule has 1 saturated carbocycles. The lowest BCUT2D eigenvalue weighted by atomic mass is 9.65. The van der Waals surface area contributed by atoms with E-state index in [2.05, 4.69) is 5.32 Å². The Bertz CT molecular complexity index is 573. The lowest BCUT2D eigenvalue weighted by Crippen LogP contribution is -2.69. The van der Waals surface area contributed by atoms with Crippen LogP contribution in [0, 0.1) is 11.3 Å². The van der Waals surface area contributed by atoms with Crippen LogP contribution < -0.4 is 5.32 Å². The summed E-state index contributed by atoms with van der Waals surface area (Å²) in [6.45, 7) is 8.56. The summed E-state index contributed by atoms with van der Waals surface area (Å²) in [5.41, 5.74) is -1.33. The predicted octanol–water partition coefficient (Wildman–Crippen LogP) is 2.45. The number of aliphatic hydroxyl groups is 1. The molecule has 2 aliphatic rings. The third-order valence-electron chi connectivity index (χ3n) is 4.99. The lowest BCUT2D eigenvalue weighted by molar-refractivity contribution is -0.209. The first-order valence-electron chi connectivity index (χ1n) is 8.72. The maximum absolute atomic E-state index is 12.8. The Morgan fingerprint density at radius 2 is 1.81 bits per heavy atom. The second kappa shape index (κ2) is 6.58. The van der Waals surface area contributed by atoms with Gasteiger partial charge in [-0.2, -0.15) is 13.2 Å². The molecule has 0 bridgehead atoms. The number of carbonyl (C=O) groups excluding carboxylic acids is 2. The summed E-state index contributed by atoms with van der Waals surface area (Å²) < 4.78 is 43.6. The van der Waals surface area contributed by atoms with Gasteiger partial charge in [0.2, 0.25) is 0 Å². The largest absolute Gasteiger partial charge is 0.471 e. The normalized spacial score (nSPS) is 31.9. The number of nitrogens with one attached hydrogen (secondary N) is 1. The minimum absolute atomic E-state index is 0.0717. The van der Waals surface area contributed by atoms with Gasteiger partial charge in [-0.25, -0.2) is 4.79 Å². The van der Waals surface area contributed by atoms with Crippen molar-refractivity contribution in [3.63, 3.8) is 0 Å². The number of carbonyl (C=O) groups is 2. The minimum atomic E-state index is -4.92. The van der Waals surface area contributed by atoms with Crippen molar-refractivity contribution in [1.82, 2.24) is 10.2 Å². The summed E-state index contributed by atoms with van der Waals surface area (Å²) in [6, 6.07) is -1.24. The minimum Gasteiger partial charge on any atom is -0.444 e. The molecule has 2 fully saturated rings. The molecule has 1 aliphatic carbocycles. The number of nitrogens with zero attached hydrogens (tertiary/aromatic N) is 1. The molecule has 2 unspecified atom stereocenters. The van der Waals surface area contributed by atoms with Crippen molar-refractivity contribution in [1.29, 1.82) is 0 Å². The van der Waals surface area contributed by atoms with E-state index in [4.69, 9.17) is 4.74 Å². The molecule has 0 aromatic rings. The number of rotatable bonds is 2. The first kappa shape index (κ1) is 20.8. The van der Waals surface area contributed by atoms with E-state index in [1.807, 2.05) is 0 Å². The zero-order valence-electron chi connectivity index (χ0n) is 15.7. The van der Waals surface area contributed by atoms with E-state index in [1.165, 1.54) is 0 Å². The first-order chi connectivity index (χ1) is 11.7. The molecule has 1 aliphatic heterocycles. The van der Waals surface area contributed by atoms with Gasteiger partial charge in [-0.15, -0.1) is 0 Å². The van der Waals surface area contributed by atoms with Crippen molar-refractivity contribution in [3.05, 3.63) is 0 Å². The van der Waals surface area contributed by atoms with Crippen LogP contribution in [0.4, 0.5) is 18.0 Å². The van der Waals surface area contributed by atoms with E-state index in [9.17, 15) is 27.9 Å². The van der Waals surface area contributed by atoms with E-state index in [0.29, 0.717) is 6.42 Å². The van der Waals surface area contributed by atoms with Crippen LogP contribution in [0.2, 0.25) is 0 Å². The van der Waals surface area contributed by atoms with E-state index in [-0.39, 0.29) is 18.9 Å². The molecule has 1 spiro atoms. The van der Waals surface area contributed by atoms with E-state index >= 15 is 0 Å². The van der Waals surface area contributed by atoms with E-state index in [0.717, 1.165) is 4.90 Å². The molecular formula is C17H27F3N2O4. The van der Waals surface area contributed by atoms with Gasteiger partial charge in [0.15, 0.2) is 0 Å². The highest BCUT2D eigenvalue weighted by Crippen LogP contribution is 2.53. The zero-order chi connectivity index (χ0) is 20.1.